The van der Waals surface area contributed by atoms with Crippen molar-refractivity contribution in [3.05, 3.63) is 63.0 Å². The molecule has 3 aliphatic heterocycles. The molecule has 2 aromatic rings. The van der Waals surface area contributed by atoms with Crippen molar-refractivity contribution in [2.24, 2.45) is 10.4 Å². The number of methoxy groups -OCH3 is 1. The first-order valence-corrected chi connectivity index (χ1v) is 14.2. The van der Waals surface area contributed by atoms with Crippen LogP contribution in [0.4, 0.5) is 9.18 Å². The van der Waals surface area contributed by atoms with Crippen molar-refractivity contribution in [2.75, 3.05) is 46.4 Å². The predicted octanol–water partition coefficient (Wildman–Crippen LogP) is 2.64. The SMILES string of the molecule is COC(=O)C1=C(CN2CCN3C(=O)N(CC(C)(C)C(=O)O)CC3C2)NC(c2nccs2)=N[C@H]1c1cccc(F)c1C. The summed E-state index contributed by atoms with van der Waals surface area (Å²) in [7, 11) is 1.30. The molecule has 0 bridgehead atoms. The minimum atomic E-state index is -1.06. The third-order valence-electron chi connectivity index (χ3n) is 7.83. The van der Waals surface area contributed by atoms with E-state index in [0.717, 1.165) is 0 Å². The highest BCUT2D eigenvalue weighted by Crippen LogP contribution is 2.36. The fourth-order valence-electron chi connectivity index (χ4n) is 5.55. The van der Waals surface area contributed by atoms with Crippen molar-refractivity contribution in [1.82, 2.24) is 25.0 Å². The van der Waals surface area contributed by atoms with Gasteiger partial charge < -0.3 is 25.0 Å². The number of carbonyl (C=O) groups is 3. The van der Waals surface area contributed by atoms with Gasteiger partial charge in [0.2, 0.25) is 0 Å². The van der Waals surface area contributed by atoms with Gasteiger partial charge in [-0.15, -0.1) is 11.3 Å². The third kappa shape index (κ3) is 5.55. The maximum Gasteiger partial charge on any atom is 0.338 e. The fraction of sp³-hybridized carbons (Fsp3) is 0.464. The van der Waals surface area contributed by atoms with Gasteiger partial charge in [-0.05, 0) is 38.0 Å². The monoisotopic (exact) mass is 584 g/mol. The zero-order valence-corrected chi connectivity index (χ0v) is 24.2. The van der Waals surface area contributed by atoms with Crippen LogP contribution in [-0.4, -0.2) is 101 Å². The van der Waals surface area contributed by atoms with Crippen molar-refractivity contribution in [3.8, 4) is 0 Å². The molecule has 0 spiro atoms. The number of nitrogens with one attached hydrogen (secondary N) is 1. The fourth-order valence-corrected chi connectivity index (χ4v) is 6.14. The lowest BCUT2D eigenvalue weighted by Gasteiger charge is -2.38. The molecule has 5 rings (SSSR count). The average molecular weight is 585 g/mol. The van der Waals surface area contributed by atoms with Gasteiger partial charge in [0.15, 0.2) is 10.8 Å². The average Bonchev–Trinajstić information content (AvgIpc) is 3.58. The number of carboxylic acid groups (broad SMARTS) is 1. The van der Waals surface area contributed by atoms with E-state index in [-0.39, 0.29) is 24.2 Å². The lowest BCUT2D eigenvalue weighted by atomic mass is 9.92. The molecule has 1 aromatic heterocycles. The van der Waals surface area contributed by atoms with Crippen LogP contribution in [0.5, 0.6) is 0 Å². The molecule has 2 amide bonds. The largest absolute Gasteiger partial charge is 0.481 e. The van der Waals surface area contributed by atoms with Gasteiger partial charge in [-0.3, -0.25) is 14.7 Å². The number of aliphatic imine (C=N–C) groups is 1. The summed E-state index contributed by atoms with van der Waals surface area (Å²) in [5.41, 5.74) is 0.751. The number of carboxylic acids is 1. The summed E-state index contributed by atoms with van der Waals surface area (Å²) in [4.78, 5) is 52.7. The Morgan fingerprint density at radius 1 is 1.27 bits per heavy atom. The molecule has 1 aromatic carbocycles. The van der Waals surface area contributed by atoms with Gasteiger partial charge in [0.05, 0.1) is 24.1 Å². The molecule has 2 fully saturated rings. The van der Waals surface area contributed by atoms with Crippen LogP contribution in [0.1, 0.15) is 36.0 Å². The number of piperazine rings is 1. The summed E-state index contributed by atoms with van der Waals surface area (Å²) in [6.07, 6.45) is 1.67. The summed E-state index contributed by atoms with van der Waals surface area (Å²) in [5, 5.41) is 15.3. The Morgan fingerprint density at radius 2 is 2.05 bits per heavy atom. The number of benzene rings is 1. The van der Waals surface area contributed by atoms with E-state index < -0.39 is 29.2 Å². The lowest BCUT2D eigenvalue weighted by molar-refractivity contribution is -0.147. The van der Waals surface area contributed by atoms with Crippen LogP contribution in [-0.2, 0) is 14.3 Å². The number of thiazole rings is 1. The van der Waals surface area contributed by atoms with Crippen LogP contribution in [0.15, 0.2) is 46.0 Å². The van der Waals surface area contributed by atoms with Crippen LogP contribution in [0.3, 0.4) is 0 Å². The van der Waals surface area contributed by atoms with Crippen LogP contribution >= 0.6 is 11.3 Å². The second-order valence-electron chi connectivity index (χ2n) is 11.1. The molecule has 218 valence electrons. The van der Waals surface area contributed by atoms with E-state index in [4.69, 9.17) is 9.73 Å². The van der Waals surface area contributed by atoms with Gasteiger partial charge in [0.25, 0.3) is 0 Å². The van der Waals surface area contributed by atoms with Crippen molar-refractivity contribution < 1.29 is 28.6 Å². The number of ether oxygens (including phenoxy) is 1. The molecule has 3 aliphatic rings. The molecule has 2 atom stereocenters. The van der Waals surface area contributed by atoms with Gasteiger partial charge in [0, 0.05) is 56.5 Å². The Hall–Kier alpha value is -3.84. The predicted molar refractivity (Wildman–Crippen MR) is 150 cm³/mol. The Kier molecular flexibility index (Phi) is 7.84. The number of carbonyl (C=O) groups excluding carboxylic acids is 2. The van der Waals surface area contributed by atoms with Crippen molar-refractivity contribution in [2.45, 2.75) is 32.9 Å². The number of hydrogen-bond acceptors (Lipinski definition) is 9. The summed E-state index contributed by atoms with van der Waals surface area (Å²) >= 11 is 1.39. The maximum absolute atomic E-state index is 14.6. The number of fused-ring (bicyclic) bond motifs is 1. The minimum absolute atomic E-state index is 0.121. The molecule has 0 radical (unpaired) electrons. The number of aliphatic carboxylic acids is 1. The van der Waals surface area contributed by atoms with Crippen LogP contribution in [0.25, 0.3) is 0 Å². The molecule has 2 N–H and O–H groups in total. The highest BCUT2D eigenvalue weighted by Gasteiger charge is 2.44. The van der Waals surface area contributed by atoms with Crippen LogP contribution < -0.4 is 5.32 Å². The summed E-state index contributed by atoms with van der Waals surface area (Å²) in [5.74, 6) is -1.44. The Morgan fingerprint density at radius 3 is 2.73 bits per heavy atom. The summed E-state index contributed by atoms with van der Waals surface area (Å²) in [6, 6.07) is 3.64. The van der Waals surface area contributed by atoms with E-state index in [1.54, 1.807) is 48.9 Å². The van der Waals surface area contributed by atoms with Crippen molar-refractivity contribution >= 4 is 35.1 Å². The van der Waals surface area contributed by atoms with Crippen LogP contribution in [0.2, 0.25) is 0 Å². The highest BCUT2D eigenvalue weighted by atomic mass is 32.1. The number of aromatic nitrogens is 1. The van der Waals surface area contributed by atoms with E-state index in [1.165, 1.54) is 24.5 Å². The number of rotatable bonds is 8. The molecule has 41 heavy (non-hydrogen) atoms. The number of urea groups is 1. The van der Waals surface area contributed by atoms with E-state index in [2.05, 4.69) is 15.2 Å². The summed E-state index contributed by atoms with van der Waals surface area (Å²) in [6.45, 7) is 7.30. The zero-order chi connectivity index (χ0) is 29.5. The van der Waals surface area contributed by atoms with E-state index in [0.29, 0.717) is 60.4 Å². The van der Waals surface area contributed by atoms with Gasteiger partial charge in [-0.2, -0.15) is 0 Å². The molecule has 2 saturated heterocycles. The zero-order valence-electron chi connectivity index (χ0n) is 23.4. The van der Waals surface area contributed by atoms with E-state index in [9.17, 15) is 23.9 Å². The van der Waals surface area contributed by atoms with E-state index >= 15 is 0 Å². The quantitative estimate of drug-likeness (QED) is 0.454. The molecule has 0 aliphatic carbocycles. The van der Waals surface area contributed by atoms with Gasteiger partial charge in [0.1, 0.15) is 11.9 Å². The molecular weight excluding hydrogens is 551 g/mol. The third-order valence-corrected chi connectivity index (χ3v) is 8.61. The molecule has 1 unspecified atom stereocenters. The summed E-state index contributed by atoms with van der Waals surface area (Å²) < 4.78 is 19.8. The Labute approximate surface area is 241 Å². The number of nitrogens with zero attached hydrogens (tertiary/aromatic N) is 5. The minimum Gasteiger partial charge on any atom is -0.481 e. The molecular formula is C28H33FN6O5S. The molecule has 0 saturated carbocycles. The van der Waals surface area contributed by atoms with Gasteiger partial charge >= 0.3 is 18.0 Å². The maximum atomic E-state index is 14.6. The molecule has 4 heterocycles. The number of esters is 1. The molecule has 13 heteroatoms. The first-order valence-electron chi connectivity index (χ1n) is 13.3. The van der Waals surface area contributed by atoms with Gasteiger partial charge in [-0.25, -0.2) is 19.0 Å². The van der Waals surface area contributed by atoms with Crippen LogP contribution in [0, 0.1) is 18.2 Å². The number of amides is 2. The standard InChI is InChI=1S/C28H33FN6O5S/c1-16-18(6-5-7-19(16)29)22-21(25(36)40-4)20(31-23(32-22)24-30-8-11-41-24)14-33-9-10-35-17(12-33)13-34(27(35)39)15-28(2,3)26(37)38/h5-8,11,17,22H,9-10,12-15H2,1-4H3,(H,31,32)(H,37,38)/t17?,22-/m0/s1. The lowest BCUT2D eigenvalue weighted by Crippen LogP contribution is -2.53. The first kappa shape index (κ1) is 28.7. The van der Waals surface area contributed by atoms with Gasteiger partial charge in [-0.1, -0.05) is 12.1 Å². The second kappa shape index (κ2) is 11.2. The Bertz CT molecular complexity index is 1420. The second-order valence-corrected chi connectivity index (χ2v) is 12.0. The highest BCUT2D eigenvalue weighted by molar-refractivity contribution is 7.11. The molecule has 11 nitrogen and oxygen atoms in total. The number of halogens is 1. The number of amidine groups is 1. The first-order chi connectivity index (χ1) is 19.5. The van der Waals surface area contributed by atoms with Crippen molar-refractivity contribution in [1.29, 1.82) is 0 Å². The Balaban J connectivity index is 1.44. The smallest absolute Gasteiger partial charge is 0.338 e. The number of hydrogen-bond donors (Lipinski definition) is 2. The topological polar surface area (TPSA) is 128 Å². The van der Waals surface area contributed by atoms with E-state index in [1.807, 2.05) is 5.38 Å². The van der Waals surface area contributed by atoms with Crippen molar-refractivity contribution in [3.63, 3.8) is 0 Å². The normalized spacial score (nSPS) is 21.5.